The predicted molar refractivity (Wildman–Crippen MR) is 59.6 cm³/mol. The maximum absolute atomic E-state index is 12.6. The standard InChI is InChI=1S/C9H14FNO.C2H6/c1-7(2)6-9(8(3)10)11-4-5-12;1-2/h6,11-12H,1,3-5H2,2H3;1-2H3/b9-6+;. The van der Waals surface area contributed by atoms with Crippen molar-refractivity contribution in [3.05, 3.63) is 36.3 Å². The van der Waals surface area contributed by atoms with Crippen LogP contribution in [0.5, 0.6) is 0 Å². The van der Waals surface area contributed by atoms with E-state index in [2.05, 4.69) is 18.5 Å². The molecule has 0 fully saturated rings. The molecule has 0 aromatic carbocycles. The van der Waals surface area contributed by atoms with Gasteiger partial charge in [-0.1, -0.05) is 32.6 Å². The van der Waals surface area contributed by atoms with Crippen LogP contribution in [0.4, 0.5) is 4.39 Å². The van der Waals surface area contributed by atoms with E-state index in [4.69, 9.17) is 5.11 Å². The lowest BCUT2D eigenvalue weighted by Crippen LogP contribution is -2.17. The van der Waals surface area contributed by atoms with Gasteiger partial charge in [-0.25, -0.2) is 4.39 Å². The Balaban J connectivity index is 0. The molecule has 0 spiro atoms. The van der Waals surface area contributed by atoms with E-state index >= 15 is 0 Å². The van der Waals surface area contributed by atoms with Crippen LogP contribution in [-0.2, 0) is 0 Å². The van der Waals surface area contributed by atoms with Gasteiger partial charge in [0.1, 0.15) is 5.83 Å². The molecule has 0 heterocycles. The van der Waals surface area contributed by atoms with Crippen LogP contribution in [0.25, 0.3) is 0 Å². The van der Waals surface area contributed by atoms with Gasteiger partial charge in [0.05, 0.1) is 12.3 Å². The summed E-state index contributed by atoms with van der Waals surface area (Å²) in [5.41, 5.74) is 1.01. The summed E-state index contributed by atoms with van der Waals surface area (Å²) >= 11 is 0. The maximum atomic E-state index is 12.6. The topological polar surface area (TPSA) is 32.3 Å². The third-order valence-corrected chi connectivity index (χ3v) is 1.11. The first-order valence-electron chi connectivity index (χ1n) is 4.64. The van der Waals surface area contributed by atoms with Crippen LogP contribution in [0, 0.1) is 0 Å². The van der Waals surface area contributed by atoms with Crippen LogP contribution in [-0.4, -0.2) is 18.3 Å². The number of halogens is 1. The first-order chi connectivity index (χ1) is 6.57. The fraction of sp³-hybridized carbons (Fsp3) is 0.455. The van der Waals surface area contributed by atoms with Crippen molar-refractivity contribution in [3.63, 3.8) is 0 Å². The monoisotopic (exact) mass is 201 g/mol. The molecule has 82 valence electrons. The van der Waals surface area contributed by atoms with Crippen LogP contribution >= 0.6 is 0 Å². The highest BCUT2D eigenvalue weighted by Crippen LogP contribution is 2.07. The van der Waals surface area contributed by atoms with Gasteiger partial charge in [0.25, 0.3) is 0 Å². The van der Waals surface area contributed by atoms with E-state index in [-0.39, 0.29) is 12.3 Å². The normalized spacial score (nSPS) is 9.93. The summed E-state index contributed by atoms with van der Waals surface area (Å²) in [5.74, 6) is -0.550. The molecule has 0 aromatic heterocycles. The Labute approximate surface area is 85.8 Å². The largest absolute Gasteiger partial charge is 0.395 e. The van der Waals surface area contributed by atoms with Crippen LogP contribution in [0.3, 0.4) is 0 Å². The zero-order valence-electron chi connectivity index (χ0n) is 9.23. The molecule has 0 aliphatic heterocycles. The lowest BCUT2D eigenvalue weighted by molar-refractivity contribution is 0.296. The molecule has 14 heavy (non-hydrogen) atoms. The number of hydrogen-bond donors (Lipinski definition) is 2. The molecule has 2 N–H and O–H groups in total. The molecule has 0 bridgehead atoms. The van der Waals surface area contributed by atoms with Crippen LogP contribution in [0.15, 0.2) is 36.3 Å². The fourth-order valence-corrected chi connectivity index (χ4v) is 0.662. The third-order valence-electron chi connectivity index (χ3n) is 1.11. The Morgan fingerprint density at radius 2 is 1.93 bits per heavy atom. The molecule has 0 saturated carbocycles. The summed E-state index contributed by atoms with van der Waals surface area (Å²) < 4.78 is 12.6. The third kappa shape index (κ3) is 9.00. The van der Waals surface area contributed by atoms with Gasteiger partial charge >= 0.3 is 0 Å². The van der Waals surface area contributed by atoms with E-state index in [1.807, 2.05) is 13.8 Å². The molecule has 0 atom stereocenters. The van der Waals surface area contributed by atoms with E-state index in [0.717, 1.165) is 5.57 Å². The number of hydrogen-bond acceptors (Lipinski definition) is 2. The molecule has 0 aromatic rings. The fourth-order valence-electron chi connectivity index (χ4n) is 0.662. The van der Waals surface area contributed by atoms with Gasteiger partial charge in [0, 0.05) is 6.54 Å². The predicted octanol–water partition coefficient (Wildman–Crippen LogP) is 2.54. The van der Waals surface area contributed by atoms with Crippen molar-refractivity contribution in [1.82, 2.24) is 5.32 Å². The lowest BCUT2D eigenvalue weighted by atomic mass is 10.2. The zero-order valence-corrected chi connectivity index (χ0v) is 9.23. The van der Waals surface area contributed by atoms with Crippen molar-refractivity contribution < 1.29 is 9.50 Å². The van der Waals surface area contributed by atoms with Gasteiger partial charge in [-0.3, -0.25) is 0 Å². The average molecular weight is 201 g/mol. The maximum Gasteiger partial charge on any atom is 0.139 e. The minimum Gasteiger partial charge on any atom is -0.395 e. The Hall–Kier alpha value is -1.09. The second-order valence-electron chi connectivity index (χ2n) is 2.46. The molecule has 3 heteroatoms. The molecule has 0 saturated heterocycles. The molecular formula is C11H20FNO. The van der Waals surface area contributed by atoms with Gasteiger partial charge in [0.15, 0.2) is 0 Å². The van der Waals surface area contributed by atoms with Gasteiger partial charge < -0.3 is 10.4 Å². The first kappa shape index (κ1) is 15.4. The second kappa shape index (κ2) is 9.99. The van der Waals surface area contributed by atoms with Gasteiger partial charge in [-0.05, 0) is 13.0 Å². The molecular weight excluding hydrogens is 181 g/mol. The number of allylic oxidation sites excluding steroid dienone is 3. The average Bonchev–Trinajstić information content (AvgIpc) is 2.14. The molecule has 0 amide bonds. The number of rotatable bonds is 5. The molecule has 0 aliphatic rings. The highest BCUT2D eigenvalue weighted by molar-refractivity contribution is 5.28. The summed E-state index contributed by atoms with van der Waals surface area (Å²) in [6, 6.07) is 0. The summed E-state index contributed by atoms with van der Waals surface area (Å²) in [5, 5.41) is 11.1. The SMILES string of the molecule is C=C(C)/C=C(/NCCO)C(=C)F.CC. The highest BCUT2D eigenvalue weighted by Gasteiger charge is 1.99. The quantitative estimate of drug-likeness (QED) is 0.670. The van der Waals surface area contributed by atoms with E-state index in [1.165, 1.54) is 6.08 Å². The molecule has 2 nitrogen and oxygen atoms in total. The zero-order chi connectivity index (χ0) is 11.6. The van der Waals surface area contributed by atoms with Crippen molar-refractivity contribution in [2.24, 2.45) is 0 Å². The van der Waals surface area contributed by atoms with Crippen molar-refractivity contribution in [1.29, 1.82) is 0 Å². The molecule has 0 rings (SSSR count). The number of aliphatic hydroxyl groups is 1. The molecule has 0 radical (unpaired) electrons. The Bertz CT molecular complexity index is 209. The van der Waals surface area contributed by atoms with E-state index in [0.29, 0.717) is 6.54 Å². The Kier molecular flexibility index (Phi) is 11.0. The Morgan fingerprint density at radius 3 is 2.21 bits per heavy atom. The van der Waals surface area contributed by atoms with Crippen molar-refractivity contribution >= 4 is 0 Å². The first-order valence-corrected chi connectivity index (χ1v) is 4.64. The summed E-state index contributed by atoms with van der Waals surface area (Å²) in [6.45, 7) is 12.8. The van der Waals surface area contributed by atoms with Crippen molar-refractivity contribution in [3.8, 4) is 0 Å². The van der Waals surface area contributed by atoms with Crippen LogP contribution in [0.2, 0.25) is 0 Å². The van der Waals surface area contributed by atoms with Crippen LogP contribution in [0.1, 0.15) is 20.8 Å². The van der Waals surface area contributed by atoms with Gasteiger partial charge in [-0.2, -0.15) is 0 Å². The lowest BCUT2D eigenvalue weighted by Gasteiger charge is -2.06. The van der Waals surface area contributed by atoms with E-state index in [9.17, 15) is 4.39 Å². The second-order valence-corrected chi connectivity index (χ2v) is 2.46. The van der Waals surface area contributed by atoms with Crippen molar-refractivity contribution in [2.45, 2.75) is 20.8 Å². The van der Waals surface area contributed by atoms with Crippen LogP contribution < -0.4 is 5.32 Å². The Morgan fingerprint density at radius 1 is 1.43 bits per heavy atom. The van der Waals surface area contributed by atoms with Gasteiger partial charge in [-0.15, -0.1) is 0 Å². The summed E-state index contributed by atoms with van der Waals surface area (Å²) in [6.07, 6.45) is 1.54. The number of nitrogens with one attached hydrogen (secondary N) is 1. The smallest absolute Gasteiger partial charge is 0.139 e. The minimum atomic E-state index is -0.550. The van der Waals surface area contributed by atoms with E-state index in [1.54, 1.807) is 6.92 Å². The number of aliphatic hydroxyl groups excluding tert-OH is 1. The molecule has 0 unspecified atom stereocenters. The van der Waals surface area contributed by atoms with E-state index < -0.39 is 5.83 Å². The van der Waals surface area contributed by atoms with Crippen molar-refractivity contribution in [2.75, 3.05) is 13.2 Å². The summed E-state index contributed by atoms with van der Waals surface area (Å²) in [7, 11) is 0. The minimum absolute atomic E-state index is 0.0409. The summed E-state index contributed by atoms with van der Waals surface area (Å²) in [4.78, 5) is 0. The van der Waals surface area contributed by atoms with Gasteiger partial charge in [0.2, 0.25) is 0 Å². The highest BCUT2D eigenvalue weighted by atomic mass is 19.1. The molecule has 0 aliphatic carbocycles.